The molecular formula is C23H40ClNO2Si. The molecule has 0 saturated carbocycles. The molecule has 28 heavy (non-hydrogen) atoms. The van der Waals surface area contributed by atoms with Crippen LogP contribution in [0.15, 0.2) is 12.1 Å². The smallest absolute Gasteiger partial charge is 0.192 e. The molecule has 1 fully saturated rings. The van der Waals surface area contributed by atoms with Gasteiger partial charge in [0.2, 0.25) is 0 Å². The molecule has 1 aliphatic rings. The Balaban J connectivity index is 2.21. The summed E-state index contributed by atoms with van der Waals surface area (Å²) in [6.45, 7) is 17.1. The molecule has 1 heterocycles. The number of hydrogen-bond donors (Lipinski definition) is 1. The van der Waals surface area contributed by atoms with E-state index in [1.807, 2.05) is 0 Å². The van der Waals surface area contributed by atoms with E-state index in [1.54, 1.807) is 0 Å². The molecule has 0 aromatic heterocycles. The molecule has 0 radical (unpaired) electrons. The predicted octanol–water partition coefficient (Wildman–Crippen LogP) is 6.43. The zero-order valence-electron chi connectivity index (χ0n) is 19.0. The standard InChI is InChI=1S/C23H40ClNO2Si/c1-8-18-12-17(5)13-20(24)22(18)21(27-28(9-2,10-3)11-4)16-25-15-19-14-23(6,7)26-19/h12-13,19,21,25H,8-11,14-16H2,1-7H3. The van der Waals surface area contributed by atoms with Crippen molar-refractivity contribution in [2.75, 3.05) is 13.1 Å². The summed E-state index contributed by atoms with van der Waals surface area (Å²) in [4.78, 5) is 0. The fourth-order valence-electron chi connectivity index (χ4n) is 4.46. The van der Waals surface area contributed by atoms with Crippen LogP contribution in [0.25, 0.3) is 0 Å². The van der Waals surface area contributed by atoms with Crippen LogP contribution in [0, 0.1) is 6.92 Å². The van der Waals surface area contributed by atoms with Crippen molar-refractivity contribution < 1.29 is 9.16 Å². The van der Waals surface area contributed by atoms with Gasteiger partial charge in [-0.25, -0.2) is 0 Å². The van der Waals surface area contributed by atoms with E-state index in [0.29, 0.717) is 6.10 Å². The Hall–Kier alpha value is -0.393. The van der Waals surface area contributed by atoms with E-state index >= 15 is 0 Å². The Kier molecular flexibility index (Phi) is 8.60. The van der Waals surface area contributed by atoms with Crippen molar-refractivity contribution in [3.63, 3.8) is 0 Å². The van der Waals surface area contributed by atoms with Gasteiger partial charge in [-0.2, -0.15) is 0 Å². The highest BCUT2D eigenvalue weighted by atomic mass is 35.5. The van der Waals surface area contributed by atoms with Gasteiger partial charge in [-0.15, -0.1) is 0 Å². The summed E-state index contributed by atoms with van der Waals surface area (Å²) in [7, 11) is -1.76. The van der Waals surface area contributed by atoms with Crippen LogP contribution in [-0.4, -0.2) is 33.1 Å². The lowest BCUT2D eigenvalue weighted by molar-refractivity contribution is -0.181. The first-order valence-electron chi connectivity index (χ1n) is 11.0. The molecule has 1 aromatic carbocycles. The average Bonchev–Trinajstić information content (AvgIpc) is 2.63. The molecule has 1 aliphatic heterocycles. The third-order valence-electron chi connectivity index (χ3n) is 6.29. The van der Waals surface area contributed by atoms with Crippen LogP contribution >= 0.6 is 11.6 Å². The molecule has 3 nitrogen and oxygen atoms in total. The van der Waals surface area contributed by atoms with E-state index in [9.17, 15) is 0 Å². The lowest BCUT2D eigenvalue weighted by atomic mass is 9.93. The van der Waals surface area contributed by atoms with Crippen molar-refractivity contribution in [3.05, 3.63) is 33.8 Å². The fourth-order valence-corrected chi connectivity index (χ4v) is 7.68. The highest BCUT2D eigenvalue weighted by Gasteiger charge is 2.37. The molecular weight excluding hydrogens is 386 g/mol. The highest BCUT2D eigenvalue weighted by molar-refractivity contribution is 6.73. The minimum atomic E-state index is -1.76. The molecule has 0 spiro atoms. The van der Waals surface area contributed by atoms with Crippen LogP contribution in [0.1, 0.15) is 70.8 Å². The first kappa shape index (κ1) is 23.9. The Morgan fingerprint density at radius 3 is 2.32 bits per heavy atom. The Labute approximate surface area is 178 Å². The molecule has 0 amide bonds. The van der Waals surface area contributed by atoms with Gasteiger partial charge >= 0.3 is 0 Å². The van der Waals surface area contributed by atoms with Crippen LogP contribution in [0.2, 0.25) is 23.2 Å². The minimum Gasteiger partial charge on any atom is -0.409 e. The van der Waals surface area contributed by atoms with Crippen LogP contribution in [-0.2, 0) is 15.6 Å². The molecule has 160 valence electrons. The molecule has 2 unspecified atom stereocenters. The van der Waals surface area contributed by atoms with Crippen molar-refractivity contribution >= 4 is 19.9 Å². The lowest BCUT2D eigenvalue weighted by Gasteiger charge is -2.43. The summed E-state index contributed by atoms with van der Waals surface area (Å²) >= 11 is 6.77. The minimum absolute atomic E-state index is 0.00246. The normalized spacial score (nSPS) is 20.1. The summed E-state index contributed by atoms with van der Waals surface area (Å²) in [5.74, 6) is 0. The quantitative estimate of drug-likeness (QED) is 0.414. The molecule has 5 heteroatoms. The van der Waals surface area contributed by atoms with Gasteiger partial charge < -0.3 is 14.5 Å². The van der Waals surface area contributed by atoms with E-state index in [2.05, 4.69) is 65.9 Å². The van der Waals surface area contributed by atoms with Crippen LogP contribution in [0.5, 0.6) is 0 Å². The second kappa shape index (κ2) is 10.1. The number of halogens is 1. The van der Waals surface area contributed by atoms with Gasteiger partial charge in [-0.3, -0.25) is 0 Å². The molecule has 0 aliphatic carbocycles. The van der Waals surface area contributed by atoms with Gasteiger partial charge in [0.15, 0.2) is 8.32 Å². The van der Waals surface area contributed by atoms with Crippen LogP contribution < -0.4 is 5.32 Å². The Morgan fingerprint density at radius 2 is 1.82 bits per heavy atom. The predicted molar refractivity (Wildman–Crippen MR) is 123 cm³/mol. The molecule has 0 bridgehead atoms. The highest BCUT2D eigenvalue weighted by Crippen LogP contribution is 2.36. The van der Waals surface area contributed by atoms with E-state index in [4.69, 9.17) is 20.8 Å². The molecule has 2 atom stereocenters. The zero-order valence-corrected chi connectivity index (χ0v) is 20.7. The van der Waals surface area contributed by atoms with Gasteiger partial charge in [0.1, 0.15) is 0 Å². The summed E-state index contributed by atoms with van der Waals surface area (Å²) in [5, 5.41) is 4.47. The van der Waals surface area contributed by atoms with Crippen molar-refractivity contribution in [1.29, 1.82) is 0 Å². The largest absolute Gasteiger partial charge is 0.409 e. The van der Waals surface area contributed by atoms with E-state index in [1.165, 1.54) is 16.7 Å². The first-order valence-corrected chi connectivity index (χ1v) is 13.9. The van der Waals surface area contributed by atoms with Crippen molar-refractivity contribution in [2.24, 2.45) is 0 Å². The third-order valence-corrected chi connectivity index (χ3v) is 11.3. The number of nitrogens with one attached hydrogen (secondary N) is 1. The Morgan fingerprint density at radius 1 is 1.21 bits per heavy atom. The van der Waals surface area contributed by atoms with E-state index in [0.717, 1.165) is 49.1 Å². The lowest BCUT2D eigenvalue weighted by Crippen LogP contribution is -2.51. The summed E-state index contributed by atoms with van der Waals surface area (Å²) in [6.07, 6.45) is 2.38. The third kappa shape index (κ3) is 5.82. The van der Waals surface area contributed by atoms with Gasteiger partial charge in [0, 0.05) is 30.1 Å². The van der Waals surface area contributed by atoms with Gasteiger partial charge in [-0.1, -0.05) is 45.4 Å². The Bertz CT molecular complexity index is 629. The summed E-state index contributed by atoms with van der Waals surface area (Å²) < 4.78 is 12.9. The van der Waals surface area contributed by atoms with Crippen LogP contribution in [0.3, 0.4) is 0 Å². The maximum atomic E-state index is 6.96. The second-order valence-electron chi connectivity index (χ2n) is 8.89. The van der Waals surface area contributed by atoms with Gasteiger partial charge in [0.25, 0.3) is 0 Å². The van der Waals surface area contributed by atoms with E-state index in [-0.39, 0.29) is 11.7 Å². The maximum Gasteiger partial charge on any atom is 0.192 e. The number of benzene rings is 1. The van der Waals surface area contributed by atoms with Gasteiger partial charge in [0.05, 0.1) is 17.8 Å². The molecule has 1 saturated heterocycles. The first-order chi connectivity index (χ1) is 13.2. The SMILES string of the molecule is CCc1cc(C)cc(Cl)c1C(CNCC1CC(C)(C)O1)O[Si](CC)(CC)CC. The van der Waals surface area contributed by atoms with Gasteiger partial charge in [-0.05, 0) is 62.5 Å². The summed E-state index contributed by atoms with van der Waals surface area (Å²) in [6, 6.07) is 7.77. The topological polar surface area (TPSA) is 30.5 Å². The number of ether oxygens (including phenoxy) is 1. The van der Waals surface area contributed by atoms with Crippen molar-refractivity contribution in [2.45, 2.75) is 97.2 Å². The molecule has 1 N–H and O–H groups in total. The van der Waals surface area contributed by atoms with Crippen LogP contribution in [0.4, 0.5) is 0 Å². The fraction of sp³-hybridized carbons (Fsp3) is 0.739. The number of hydrogen-bond acceptors (Lipinski definition) is 3. The monoisotopic (exact) mass is 425 g/mol. The molecule has 1 aromatic rings. The van der Waals surface area contributed by atoms with E-state index < -0.39 is 8.32 Å². The second-order valence-corrected chi connectivity index (χ2v) is 14.0. The maximum absolute atomic E-state index is 6.96. The zero-order chi connectivity index (χ0) is 20.9. The molecule has 2 rings (SSSR count). The summed E-state index contributed by atoms with van der Waals surface area (Å²) in [5.41, 5.74) is 3.74. The van der Waals surface area contributed by atoms with Crippen molar-refractivity contribution in [3.8, 4) is 0 Å². The number of aryl methyl sites for hydroxylation is 2. The number of rotatable bonds is 11. The van der Waals surface area contributed by atoms with Crippen molar-refractivity contribution in [1.82, 2.24) is 5.32 Å². The average molecular weight is 426 g/mol.